The van der Waals surface area contributed by atoms with Crippen LogP contribution in [-0.2, 0) is 11.3 Å². The monoisotopic (exact) mass is 403 g/mol. The van der Waals surface area contributed by atoms with Crippen molar-refractivity contribution in [2.24, 2.45) is 0 Å². The lowest BCUT2D eigenvalue weighted by Gasteiger charge is -2.17. The first kappa shape index (κ1) is 21.0. The van der Waals surface area contributed by atoms with Gasteiger partial charge in [-0.15, -0.1) is 0 Å². The molecule has 0 radical (unpaired) electrons. The van der Waals surface area contributed by atoms with Crippen molar-refractivity contribution in [2.45, 2.75) is 19.9 Å². The van der Waals surface area contributed by atoms with Crippen LogP contribution >= 0.6 is 0 Å². The zero-order valence-corrected chi connectivity index (χ0v) is 17.4. The van der Waals surface area contributed by atoms with Gasteiger partial charge in [0, 0.05) is 38.1 Å². The van der Waals surface area contributed by atoms with Crippen LogP contribution in [0.5, 0.6) is 5.75 Å². The molecule has 6 heteroatoms. The summed E-state index contributed by atoms with van der Waals surface area (Å²) in [6.07, 6.45) is 3.87. The van der Waals surface area contributed by atoms with E-state index in [1.165, 1.54) is 0 Å². The number of nitrogens with one attached hydrogen (secondary N) is 1. The van der Waals surface area contributed by atoms with Crippen LogP contribution in [0.25, 0.3) is 11.1 Å². The molecule has 0 unspecified atom stereocenters. The minimum atomic E-state index is -0.211. The molecule has 3 rings (SSSR count). The topological polar surface area (TPSA) is 71.5 Å². The van der Waals surface area contributed by atoms with Gasteiger partial charge in [0.2, 0.25) is 5.91 Å². The zero-order chi connectivity index (χ0) is 21.5. The smallest absolute Gasteiger partial charge is 0.255 e. The van der Waals surface area contributed by atoms with Gasteiger partial charge in [0.05, 0.1) is 12.7 Å². The van der Waals surface area contributed by atoms with E-state index in [9.17, 15) is 9.59 Å². The Labute approximate surface area is 176 Å². The second-order valence-corrected chi connectivity index (χ2v) is 6.81. The summed E-state index contributed by atoms with van der Waals surface area (Å²) < 4.78 is 5.46. The highest BCUT2D eigenvalue weighted by Gasteiger charge is 2.14. The number of aromatic nitrogens is 1. The maximum absolute atomic E-state index is 12.6. The first-order valence-corrected chi connectivity index (χ1v) is 9.75. The fourth-order valence-corrected chi connectivity index (χ4v) is 3.10. The van der Waals surface area contributed by atoms with Crippen LogP contribution in [0.4, 0.5) is 5.69 Å². The van der Waals surface area contributed by atoms with E-state index in [4.69, 9.17) is 4.74 Å². The molecule has 0 spiro atoms. The fraction of sp³-hybridized carbons (Fsp3) is 0.208. The van der Waals surface area contributed by atoms with Crippen molar-refractivity contribution in [1.82, 2.24) is 10.3 Å². The van der Waals surface area contributed by atoms with E-state index in [0.29, 0.717) is 24.3 Å². The van der Waals surface area contributed by atoms with Crippen LogP contribution < -0.4 is 15.0 Å². The summed E-state index contributed by atoms with van der Waals surface area (Å²) in [5, 5.41) is 2.89. The fourth-order valence-electron chi connectivity index (χ4n) is 3.10. The number of carbonyl (C=O) groups excluding carboxylic acids is 2. The summed E-state index contributed by atoms with van der Waals surface area (Å²) in [6, 6.07) is 16.9. The average molecular weight is 403 g/mol. The van der Waals surface area contributed by atoms with E-state index >= 15 is 0 Å². The average Bonchev–Trinajstić information content (AvgIpc) is 2.81. The summed E-state index contributed by atoms with van der Waals surface area (Å²) in [7, 11) is 3.31. The minimum absolute atomic E-state index is 0.0612. The van der Waals surface area contributed by atoms with Crippen molar-refractivity contribution in [3.05, 3.63) is 78.1 Å². The molecular formula is C24H25N3O3. The molecule has 1 heterocycles. The molecule has 0 aliphatic heterocycles. The van der Waals surface area contributed by atoms with Gasteiger partial charge < -0.3 is 15.0 Å². The molecule has 0 aliphatic carbocycles. The lowest BCUT2D eigenvalue weighted by molar-refractivity contribution is -0.118. The van der Waals surface area contributed by atoms with Gasteiger partial charge in [-0.05, 0) is 47.0 Å². The summed E-state index contributed by atoms with van der Waals surface area (Å²) in [5.41, 5.74) is 4.12. The molecule has 0 fully saturated rings. The highest BCUT2D eigenvalue weighted by Crippen LogP contribution is 2.29. The second kappa shape index (κ2) is 9.69. The molecule has 30 heavy (non-hydrogen) atoms. The number of hydrogen-bond donors (Lipinski definition) is 1. The van der Waals surface area contributed by atoms with Crippen LogP contribution in [0.3, 0.4) is 0 Å². The van der Waals surface area contributed by atoms with Gasteiger partial charge in [-0.3, -0.25) is 14.6 Å². The van der Waals surface area contributed by atoms with E-state index in [1.807, 2.05) is 55.5 Å². The second-order valence-electron chi connectivity index (χ2n) is 6.81. The van der Waals surface area contributed by atoms with E-state index in [-0.39, 0.29) is 11.8 Å². The summed E-state index contributed by atoms with van der Waals surface area (Å²) in [4.78, 5) is 30.2. The summed E-state index contributed by atoms with van der Waals surface area (Å²) in [5.74, 6) is 0.349. The van der Waals surface area contributed by atoms with Crippen LogP contribution in [0, 0.1) is 0 Å². The van der Waals surface area contributed by atoms with Gasteiger partial charge in [0.25, 0.3) is 5.91 Å². The predicted molar refractivity (Wildman–Crippen MR) is 118 cm³/mol. The molecule has 6 nitrogen and oxygen atoms in total. The molecule has 0 aliphatic rings. The number of carbonyl (C=O) groups is 2. The van der Waals surface area contributed by atoms with Crippen LogP contribution in [0.2, 0.25) is 0 Å². The van der Waals surface area contributed by atoms with Gasteiger partial charge in [-0.2, -0.15) is 0 Å². The van der Waals surface area contributed by atoms with E-state index in [0.717, 1.165) is 22.4 Å². The van der Waals surface area contributed by atoms with Crippen molar-refractivity contribution >= 4 is 17.5 Å². The Morgan fingerprint density at radius 1 is 1.07 bits per heavy atom. The number of anilines is 1. The molecule has 1 N–H and O–H groups in total. The van der Waals surface area contributed by atoms with Crippen molar-refractivity contribution in [3.8, 4) is 16.9 Å². The molecule has 0 bridgehead atoms. The van der Waals surface area contributed by atoms with Crippen molar-refractivity contribution < 1.29 is 14.3 Å². The van der Waals surface area contributed by atoms with Crippen LogP contribution in [-0.4, -0.2) is 31.0 Å². The Balaban J connectivity index is 1.76. The largest absolute Gasteiger partial charge is 0.496 e. The number of amides is 2. The number of ether oxygens (including phenoxy) is 1. The highest BCUT2D eigenvalue weighted by atomic mass is 16.5. The first-order valence-electron chi connectivity index (χ1n) is 9.75. The first-order chi connectivity index (χ1) is 14.5. The Hall–Kier alpha value is -3.67. The van der Waals surface area contributed by atoms with Crippen LogP contribution in [0.1, 0.15) is 29.3 Å². The van der Waals surface area contributed by atoms with E-state index < -0.39 is 0 Å². The summed E-state index contributed by atoms with van der Waals surface area (Å²) in [6.45, 7) is 2.23. The predicted octanol–water partition coefficient (Wildman–Crippen LogP) is 4.06. The highest BCUT2D eigenvalue weighted by molar-refractivity contribution is 5.97. The van der Waals surface area contributed by atoms with E-state index in [2.05, 4.69) is 10.3 Å². The van der Waals surface area contributed by atoms with Crippen LogP contribution in [0.15, 0.2) is 67.0 Å². The van der Waals surface area contributed by atoms with Gasteiger partial charge in [-0.1, -0.05) is 31.2 Å². The van der Waals surface area contributed by atoms with Crippen molar-refractivity contribution in [2.75, 3.05) is 19.1 Å². The molecule has 0 atom stereocenters. The van der Waals surface area contributed by atoms with Crippen molar-refractivity contribution in [3.63, 3.8) is 0 Å². The third-order valence-electron chi connectivity index (χ3n) is 4.89. The molecular weight excluding hydrogens is 378 g/mol. The van der Waals surface area contributed by atoms with E-state index in [1.54, 1.807) is 37.5 Å². The third-order valence-corrected chi connectivity index (χ3v) is 4.89. The number of methoxy groups -OCH3 is 1. The maximum Gasteiger partial charge on any atom is 0.255 e. The van der Waals surface area contributed by atoms with Gasteiger partial charge >= 0.3 is 0 Å². The molecule has 154 valence electrons. The lowest BCUT2D eigenvalue weighted by Crippen LogP contribution is -2.24. The maximum atomic E-state index is 12.6. The number of benzene rings is 2. The molecule has 2 aromatic carbocycles. The zero-order valence-electron chi connectivity index (χ0n) is 17.4. The van der Waals surface area contributed by atoms with Gasteiger partial charge in [0.15, 0.2) is 0 Å². The Morgan fingerprint density at radius 2 is 1.80 bits per heavy atom. The summed E-state index contributed by atoms with van der Waals surface area (Å²) >= 11 is 0. The lowest BCUT2D eigenvalue weighted by atomic mass is 10.0. The normalized spacial score (nSPS) is 10.4. The van der Waals surface area contributed by atoms with Gasteiger partial charge in [0.1, 0.15) is 5.75 Å². The number of rotatable bonds is 7. The number of nitrogens with zero attached hydrogens (tertiary/aromatic N) is 2. The molecule has 2 amide bonds. The molecule has 0 saturated heterocycles. The third kappa shape index (κ3) is 4.84. The Bertz CT molecular complexity index is 1020. The Kier molecular flexibility index (Phi) is 6.80. The number of pyridine rings is 1. The number of hydrogen-bond acceptors (Lipinski definition) is 4. The molecule has 0 saturated carbocycles. The van der Waals surface area contributed by atoms with Crippen molar-refractivity contribution in [1.29, 1.82) is 0 Å². The van der Waals surface area contributed by atoms with Gasteiger partial charge in [-0.25, -0.2) is 0 Å². The Morgan fingerprint density at radius 3 is 2.43 bits per heavy atom. The standard InChI is InChI=1S/C24H25N3O3/c1-4-23(28)27(2)20-10-7-18(8-11-20)19-9-12-21(22(14-19)30-3)24(29)26-16-17-6-5-13-25-15-17/h5-15H,4,16H2,1-3H3,(H,26,29). The quantitative estimate of drug-likeness (QED) is 0.646. The minimum Gasteiger partial charge on any atom is -0.496 e. The molecule has 1 aromatic heterocycles. The molecule has 3 aromatic rings. The SMILES string of the molecule is CCC(=O)N(C)c1ccc(-c2ccc(C(=O)NCc3cccnc3)c(OC)c2)cc1.